The summed E-state index contributed by atoms with van der Waals surface area (Å²) in [5, 5.41) is 2.11. The lowest BCUT2D eigenvalue weighted by Crippen LogP contribution is -2.58. The Morgan fingerprint density at radius 3 is 2.50 bits per heavy atom. The van der Waals surface area contributed by atoms with Gasteiger partial charge in [-0.05, 0) is 43.0 Å². The molecule has 2 atom stereocenters. The summed E-state index contributed by atoms with van der Waals surface area (Å²) in [5.41, 5.74) is 1.08. The van der Waals surface area contributed by atoms with E-state index in [0.717, 1.165) is 35.2 Å². The van der Waals surface area contributed by atoms with Crippen molar-refractivity contribution in [3.63, 3.8) is 0 Å². The van der Waals surface area contributed by atoms with Crippen molar-refractivity contribution in [3.05, 3.63) is 78.1 Å². The van der Waals surface area contributed by atoms with Crippen LogP contribution < -0.4 is 4.74 Å². The first-order chi connectivity index (χ1) is 14.5. The lowest BCUT2D eigenvalue weighted by Gasteiger charge is -2.44. The van der Waals surface area contributed by atoms with E-state index < -0.39 is 0 Å². The second-order valence-electron chi connectivity index (χ2n) is 8.07. The first-order valence-electron chi connectivity index (χ1n) is 10.4. The van der Waals surface area contributed by atoms with E-state index in [1.807, 2.05) is 59.5 Å². The monoisotopic (exact) mass is 406 g/mol. The first kappa shape index (κ1) is 20.4. The molecule has 0 spiro atoms. The zero-order valence-electron chi connectivity index (χ0n) is 17.4. The van der Waals surface area contributed by atoms with Crippen LogP contribution in [0.3, 0.4) is 0 Å². The fraction of sp³-hybridized carbons (Fsp3) is 0.320. The van der Waals surface area contributed by atoms with Gasteiger partial charge < -0.3 is 9.64 Å². The van der Waals surface area contributed by atoms with Crippen LogP contribution in [0.5, 0.6) is 5.75 Å². The molecular weight excluding hydrogens is 379 g/mol. The Labute approximate surface area is 176 Å². The summed E-state index contributed by atoms with van der Waals surface area (Å²) in [6.07, 6.45) is 0. The number of ether oxygens (including phenoxy) is 1. The largest absolute Gasteiger partial charge is 0.483 e. The Morgan fingerprint density at radius 2 is 1.70 bits per heavy atom. The number of rotatable bonds is 5. The SMILES string of the molecule is CC1CN(C(=O)COc2cccc3ccccc23)C(C)CN1Cc1ccc(F)cc1. The van der Waals surface area contributed by atoms with Gasteiger partial charge in [0.15, 0.2) is 6.61 Å². The molecule has 5 heteroatoms. The van der Waals surface area contributed by atoms with Gasteiger partial charge in [-0.1, -0.05) is 48.5 Å². The van der Waals surface area contributed by atoms with Crippen LogP contribution in [0.2, 0.25) is 0 Å². The maximum absolute atomic E-state index is 13.2. The Hall–Kier alpha value is -2.92. The van der Waals surface area contributed by atoms with E-state index in [9.17, 15) is 9.18 Å². The third kappa shape index (κ3) is 4.46. The topological polar surface area (TPSA) is 32.8 Å². The Morgan fingerprint density at radius 1 is 0.967 bits per heavy atom. The van der Waals surface area contributed by atoms with Crippen LogP contribution in [-0.4, -0.2) is 47.5 Å². The van der Waals surface area contributed by atoms with Gasteiger partial charge in [0.25, 0.3) is 5.91 Å². The summed E-state index contributed by atoms with van der Waals surface area (Å²) >= 11 is 0. The Bertz CT molecular complexity index is 1020. The van der Waals surface area contributed by atoms with Crippen molar-refractivity contribution in [1.29, 1.82) is 0 Å². The van der Waals surface area contributed by atoms with E-state index >= 15 is 0 Å². The first-order valence-corrected chi connectivity index (χ1v) is 10.4. The van der Waals surface area contributed by atoms with Gasteiger partial charge in [-0.25, -0.2) is 4.39 Å². The van der Waals surface area contributed by atoms with Crippen LogP contribution in [0.25, 0.3) is 10.8 Å². The van der Waals surface area contributed by atoms with Crippen molar-refractivity contribution in [2.75, 3.05) is 19.7 Å². The molecular formula is C25H27FN2O2. The Balaban J connectivity index is 1.37. The highest BCUT2D eigenvalue weighted by molar-refractivity contribution is 5.88. The quantitative estimate of drug-likeness (QED) is 0.626. The molecule has 1 aliphatic heterocycles. The molecule has 1 heterocycles. The summed E-state index contributed by atoms with van der Waals surface area (Å²) in [7, 11) is 0. The van der Waals surface area contributed by atoms with Crippen LogP contribution >= 0.6 is 0 Å². The summed E-state index contributed by atoms with van der Waals surface area (Å²) < 4.78 is 19.1. The molecule has 30 heavy (non-hydrogen) atoms. The van der Waals surface area contributed by atoms with Gasteiger partial charge in [0, 0.05) is 37.1 Å². The molecule has 1 saturated heterocycles. The van der Waals surface area contributed by atoms with Gasteiger partial charge >= 0.3 is 0 Å². The van der Waals surface area contributed by atoms with E-state index in [1.165, 1.54) is 12.1 Å². The number of carbonyl (C=O) groups is 1. The summed E-state index contributed by atoms with van der Waals surface area (Å²) in [4.78, 5) is 17.2. The molecule has 1 amide bonds. The number of benzene rings is 3. The third-order valence-electron chi connectivity index (χ3n) is 5.84. The number of amides is 1. The van der Waals surface area contributed by atoms with E-state index in [1.54, 1.807) is 0 Å². The number of nitrogens with zero attached hydrogens (tertiary/aromatic N) is 2. The summed E-state index contributed by atoms with van der Waals surface area (Å²) in [5.74, 6) is 0.516. The van der Waals surface area contributed by atoms with Crippen molar-refractivity contribution < 1.29 is 13.9 Å². The fourth-order valence-electron chi connectivity index (χ4n) is 4.13. The van der Waals surface area contributed by atoms with Gasteiger partial charge in [-0.15, -0.1) is 0 Å². The predicted octanol–water partition coefficient (Wildman–Crippen LogP) is 4.48. The van der Waals surface area contributed by atoms with E-state index in [2.05, 4.69) is 18.7 Å². The molecule has 0 radical (unpaired) electrons. The van der Waals surface area contributed by atoms with Crippen LogP contribution in [0.1, 0.15) is 19.4 Å². The van der Waals surface area contributed by atoms with Crippen LogP contribution in [0.4, 0.5) is 4.39 Å². The molecule has 1 fully saturated rings. The number of halogens is 1. The maximum atomic E-state index is 13.2. The average Bonchev–Trinajstić information content (AvgIpc) is 2.76. The predicted molar refractivity (Wildman–Crippen MR) is 117 cm³/mol. The van der Waals surface area contributed by atoms with Crippen molar-refractivity contribution in [3.8, 4) is 5.75 Å². The minimum atomic E-state index is -0.221. The summed E-state index contributed by atoms with van der Waals surface area (Å²) in [6.45, 7) is 6.41. The molecule has 0 aliphatic carbocycles. The molecule has 3 aromatic carbocycles. The highest BCUT2D eigenvalue weighted by atomic mass is 19.1. The van der Waals surface area contributed by atoms with Crippen molar-refractivity contribution in [2.24, 2.45) is 0 Å². The van der Waals surface area contributed by atoms with Gasteiger partial charge in [-0.2, -0.15) is 0 Å². The molecule has 4 nitrogen and oxygen atoms in total. The highest BCUT2D eigenvalue weighted by Gasteiger charge is 2.32. The zero-order valence-corrected chi connectivity index (χ0v) is 17.4. The van der Waals surface area contributed by atoms with Gasteiger partial charge in [0.1, 0.15) is 11.6 Å². The second kappa shape index (κ2) is 8.84. The van der Waals surface area contributed by atoms with Gasteiger partial charge in [0.05, 0.1) is 0 Å². The van der Waals surface area contributed by atoms with E-state index in [0.29, 0.717) is 6.54 Å². The lowest BCUT2D eigenvalue weighted by atomic mass is 10.1. The van der Waals surface area contributed by atoms with Crippen LogP contribution in [0.15, 0.2) is 66.7 Å². The van der Waals surface area contributed by atoms with Gasteiger partial charge in [-0.3, -0.25) is 9.69 Å². The second-order valence-corrected chi connectivity index (χ2v) is 8.07. The fourth-order valence-corrected chi connectivity index (χ4v) is 4.13. The van der Waals surface area contributed by atoms with Crippen molar-refractivity contribution in [1.82, 2.24) is 9.80 Å². The molecule has 2 unspecified atom stereocenters. The maximum Gasteiger partial charge on any atom is 0.260 e. The smallest absolute Gasteiger partial charge is 0.260 e. The lowest BCUT2D eigenvalue weighted by molar-refractivity contribution is -0.139. The van der Waals surface area contributed by atoms with Crippen molar-refractivity contribution in [2.45, 2.75) is 32.5 Å². The third-order valence-corrected chi connectivity index (χ3v) is 5.84. The van der Waals surface area contributed by atoms with Crippen molar-refractivity contribution >= 4 is 16.7 Å². The number of hydrogen-bond acceptors (Lipinski definition) is 3. The number of carbonyl (C=O) groups excluding carboxylic acids is 1. The normalized spacial score (nSPS) is 19.8. The standard InChI is InChI=1S/C25H27FN2O2/c1-18-15-28(19(2)14-27(18)16-20-10-12-22(26)13-11-20)25(29)17-30-24-9-5-7-21-6-3-4-8-23(21)24/h3-13,18-19H,14-17H2,1-2H3. The minimum Gasteiger partial charge on any atom is -0.483 e. The molecule has 0 aromatic heterocycles. The minimum absolute atomic E-state index is 0.00344. The molecule has 0 saturated carbocycles. The molecule has 0 N–H and O–H groups in total. The van der Waals surface area contributed by atoms with Crippen LogP contribution in [0, 0.1) is 5.82 Å². The molecule has 3 aromatic rings. The van der Waals surface area contributed by atoms with Gasteiger partial charge in [0.2, 0.25) is 0 Å². The zero-order chi connectivity index (χ0) is 21.1. The van der Waals surface area contributed by atoms with E-state index in [-0.39, 0.29) is 30.4 Å². The molecule has 4 rings (SSSR count). The van der Waals surface area contributed by atoms with E-state index in [4.69, 9.17) is 4.74 Å². The summed E-state index contributed by atoms with van der Waals surface area (Å²) in [6, 6.07) is 20.8. The molecule has 156 valence electrons. The number of hydrogen-bond donors (Lipinski definition) is 0. The number of fused-ring (bicyclic) bond motifs is 1. The molecule has 1 aliphatic rings. The molecule has 0 bridgehead atoms. The van der Waals surface area contributed by atoms with Crippen LogP contribution in [-0.2, 0) is 11.3 Å². The average molecular weight is 407 g/mol. The number of piperazine rings is 1. The highest BCUT2D eigenvalue weighted by Crippen LogP contribution is 2.25. The Kier molecular flexibility index (Phi) is 6.00.